The molecule has 23 heavy (non-hydrogen) atoms. The number of amides is 1. The topological polar surface area (TPSA) is 84.0 Å². The number of Topliss-reactive ketones (excluding diaryl/α,β-unsaturated/α-hetero) is 1. The molecule has 1 aromatic carbocycles. The first-order chi connectivity index (χ1) is 11.0. The Hall–Kier alpha value is -1.93. The van der Waals surface area contributed by atoms with Gasteiger partial charge >= 0.3 is 0 Å². The lowest BCUT2D eigenvalue weighted by molar-refractivity contribution is -0.118. The summed E-state index contributed by atoms with van der Waals surface area (Å²) in [5.41, 5.74) is 1.30. The van der Waals surface area contributed by atoms with Gasteiger partial charge in [0.1, 0.15) is 0 Å². The number of thioether (sulfide) groups is 1. The number of nitrogens with zero attached hydrogens (tertiary/aromatic N) is 2. The Bertz CT molecular complexity index is 683. The van der Waals surface area contributed by atoms with Crippen molar-refractivity contribution >= 4 is 45.6 Å². The van der Waals surface area contributed by atoms with E-state index in [1.165, 1.54) is 23.1 Å². The summed E-state index contributed by atoms with van der Waals surface area (Å²) in [7, 11) is 1.78. The van der Waals surface area contributed by atoms with E-state index in [9.17, 15) is 9.59 Å². The molecule has 0 atom stereocenters. The van der Waals surface area contributed by atoms with E-state index in [4.69, 9.17) is 0 Å². The van der Waals surface area contributed by atoms with Crippen LogP contribution in [0.25, 0.3) is 0 Å². The number of benzene rings is 1. The van der Waals surface area contributed by atoms with Gasteiger partial charge in [-0.1, -0.05) is 36.9 Å². The van der Waals surface area contributed by atoms with Crippen molar-refractivity contribution in [3.05, 3.63) is 29.8 Å². The van der Waals surface area contributed by atoms with Gasteiger partial charge in [-0.3, -0.25) is 9.59 Å². The maximum absolute atomic E-state index is 12.2. The van der Waals surface area contributed by atoms with Crippen LogP contribution in [0.15, 0.2) is 28.6 Å². The van der Waals surface area contributed by atoms with Gasteiger partial charge in [-0.05, 0) is 24.3 Å². The number of carbonyl (C=O) groups excluding carboxylic acids is 2. The molecule has 0 saturated heterocycles. The van der Waals surface area contributed by atoms with Crippen molar-refractivity contribution in [3.63, 3.8) is 0 Å². The Morgan fingerprint density at radius 2 is 1.91 bits per heavy atom. The molecule has 2 N–H and O–H groups in total. The van der Waals surface area contributed by atoms with Crippen LogP contribution >= 0.6 is 23.1 Å². The summed E-state index contributed by atoms with van der Waals surface area (Å²) < 4.78 is 0.753. The number of carbonyl (C=O) groups is 2. The van der Waals surface area contributed by atoms with Crippen LogP contribution in [0, 0.1) is 5.92 Å². The number of nitrogens with one attached hydrogen (secondary N) is 2. The Morgan fingerprint density at radius 1 is 1.22 bits per heavy atom. The molecule has 0 bridgehead atoms. The van der Waals surface area contributed by atoms with E-state index in [-0.39, 0.29) is 17.6 Å². The van der Waals surface area contributed by atoms with Gasteiger partial charge in [0.2, 0.25) is 11.0 Å². The number of anilines is 2. The minimum Gasteiger partial charge on any atom is -0.363 e. The van der Waals surface area contributed by atoms with E-state index in [0.717, 1.165) is 9.47 Å². The van der Waals surface area contributed by atoms with Gasteiger partial charge in [-0.15, -0.1) is 10.2 Å². The minimum atomic E-state index is -0.0814. The standard InChI is InChI=1S/C15H18N4O2S2/c1-9(2)13(21)17-11-6-4-10(5-7-11)12(20)8-22-15-19-18-14(16-3)23-15/h4-7,9H,8H2,1-3H3,(H,16,18)(H,17,21). The van der Waals surface area contributed by atoms with Crippen LogP contribution in [0.4, 0.5) is 10.8 Å². The molecule has 0 radical (unpaired) electrons. The number of hydrogen-bond donors (Lipinski definition) is 2. The molecule has 2 aromatic rings. The zero-order valence-electron chi connectivity index (χ0n) is 13.1. The predicted octanol–water partition coefficient (Wildman–Crippen LogP) is 3.15. The first kappa shape index (κ1) is 17.4. The second kappa shape index (κ2) is 8.07. The molecule has 0 saturated carbocycles. The van der Waals surface area contributed by atoms with Crippen LogP contribution in [0.3, 0.4) is 0 Å². The van der Waals surface area contributed by atoms with E-state index in [1.807, 2.05) is 13.8 Å². The minimum absolute atomic E-state index is 0.0120. The average Bonchev–Trinajstić information content (AvgIpc) is 3.01. The van der Waals surface area contributed by atoms with Gasteiger partial charge in [-0.25, -0.2) is 0 Å². The van der Waals surface area contributed by atoms with Gasteiger partial charge in [0.15, 0.2) is 10.1 Å². The van der Waals surface area contributed by atoms with E-state index < -0.39 is 0 Å². The zero-order valence-corrected chi connectivity index (χ0v) is 14.8. The SMILES string of the molecule is CNc1nnc(SCC(=O)c2ccc(NC(=O)C(C)C)cc2)s1. The summed E-state index contributed by atoms with van der Waals surface area (Å²) in [5.74, 6) is 0.187. The third-order valence-corrected chi connectivity index (χ3v) is 5.02. The van der Waals surface area contributed by atoms with Gasteiger partial charge in [0, 0.05) is 24.2 Å². The molecule has 0 unspecified atom stereocenters. The second-order valence-corrected chi connectivity index (χ2v) is 7.26. The Kier molecular flexibility index (Phi) is 6.12. The molecule has 8 heteroatoms. The van der Waals surface area contributed by atoms with Gasteiger partial charge in [-0.2, -0.15) is 0 Å². The van der Waals surface area contributed by atoms with Crippen LogP contribution in [0.5, 0.6) is 0 Å². The molecule has 0 aliphatic heterocycles. The number of hydrogen-bond acceptors (Lipinski definition) is 7. The van der Waals surface area contributed by atoms with Crippen LogP contribution in [-0.2, 0) is 4.79 Å². The summed E-state index contributed by atoms with van der Waals surface area (Å²) >= 11 is 2.78. The van der Waals surface area contributed by atoms with Crippen molar-refractivity contribution < 1.29 is 9.59 Å². The molecule has 0 spiro atoms. The number of rotatable bonds is 7. The summed E-state index contributed by atoms with van der Waals surface area (Å²) in [6.45, 7) is 3.66. The molecule has 0 aliphatic rings. The maximum Gasteiger partial charge on any atom is 0.226 e. The fourth-order valence-electron chi connectivity index (χ4n) is 1.61. The highest BCUT2D eigenvalue weighted by molar-refractivity contribution is 8.01. The molecule has 1 amide bonds. The summed E-state index contributed by atoms with van der Waals surface area (Å²) in [6, 6.07) is 6.92. The van der Waals surface area contributed by atoms with E-state index in [2.05, 4.69) is 20.8 Å². The molecule has 1 aromatic heterocycles. The average molecular weight is 350 g/mol. The lowest BCUT2D eigenvalue weighted by Crippen LogP contribution is -2.17. The number of ketones is 1. The number of aromatic nitrogens is 2. The van der Waals surface area contributed by atoms with Gasteiger partial charge < -0.3 is 10.6 Å². The van der Waals surface area contributed by atoms with Gasteiger partial charge in [0.25, 0.3) is 0 Å². The summed E-state index contributed by atoms with van der Waals surface area (Å²) in [4.78, 5) is 23.8. The van der Waals surface area contributed by atoms with Crippen LogP contribution in [-0.4, -0.2) is 34.7 Å². The van der Waals surface area contributed by atoms with E-state index in [0.29, 0.717) is 17.0 Å². The fraction of sp³-hybridized carbons (Fsp3) is 0.333. The third-order valence-electron chi connectivity index (χ3n) is 2.95. The van der Waals surface area contributed by atoms with Crippen LogP contribution in [0.1, 0.15) is 24.2 Å². The largest absolute Gasteiger partial charge is 0.363 e. The first-order valence-corrected chi connectivity index (χ1v) is 8.88. The second-order valence-electron chi connectivity index (χ2n) is 5.06. The molecule has 122 valence electrons. The maximum atomic E-state index is 12.2. The normalized spacial score (nSPS) is 10.6. The monoisotopic (exact) mass is 350 g/mol. The smallest absolute Gasteiger partial charge is 0.226 e. The molecule has 0 fully saturated rings. The van der Waals surface area contributed by atoms with Crippen molar-refractivity contribution in [2.45, 2.75) is 18.2 Å². The lowest BCUT2D eigenvalue weighted by atomic mass is 10.1. The van der Waals surface area contributed by atoms with Gasteiger partial charge in [0.05, 0.1) is 5.75 Å². The molecular weight excluding hydrogens is 332 g/mol. The summed E-state index contributed by atoms with van der Waals surface area (Å²) in [6.07, 6.45) is 0. The fourth-order valence-corrected chi connectivity index (χ4v) is 3.21. The Labute approximate surface area is 143 Å². The highest BCUT2D eigenvalue weighted by atomic mass is 32.2. The van der Waals surface area contributed by atoms with Crippen molar-refractivity contribution in [3.8, 4) is 0 Å². The molecular formula is C15H18N4O2S2. The quantitative estimate of drug-likeness (QED) is 0.589. The molecule has 1 heterocycles. The summed E-state index contributed by atoms with van der Waals surface area (Å²) in [5, 5.41) is 14.3. The zero-order chi connectivity index (χ0) is 16.8. The highest BCUT2D eigenvalue weighted by Crippen LogP contribution is 2.25. The van der Waals surface area contributed by atoms with Crippen molar-refractivity contribution in [2.24, 2.45) is 5.92 Å². The van der Waals surface area contributed by atoms with Crippen LogP contribution < -0.4 is 10.6 Å². The predicted molar refractivity (Wildman–Crippen MR) is 94.4 cm³/mol. The first-order valence-electron chi connectivity index (χ1n) is 7.07. The third kappa shape index (κ3) is 5.04. The van der Waals surface area contributed by atoms with E-state index >= 15 is 0 Å². The molecule has 6 nitrogen and oxygen atoms in total. The Morgan fingerprint density at radius 3 is 2.48 bits per heavy atom. The van der Waals surface area contributed by atoms with Crippen LogP contribution in [0.2, 0.25) is 0 Å². The Balaban J connectivity index is 1.90. The van der Waals surface area contributed by atoms with Crippen molar-refractivity contribution in [2.75, 3.05) is 23.4 Å². The van der Waals surface area contributed by atoms with Crippen molar-refractivity contribution in [1.82, 2.24) is 10.2 Å². The van der Waals surface area contributed by atoms with E-state index in [1.54, 1.807) is 31.3 Å². The van der Waals surface area contributed by atoms with Crippen molar-refractivity contribution in [1.29, 1.82) is 0 Å². The molecule has 0 aliphatic carbocycles. The lowest BCUT2D eigenvalue weighted by Gasteiger charge is -2.08. The highest BCUT2D eigenvalue weighted by Gasteiger charge is 2.11. The molecule has 2 rings (SSSR count).